The molecule has 0 aliphatic heterocycles. The molecule has 0 fully saturated rings. The third-order valence-electron chi connectivity index (χ3n) is 3.72. The lowest BCUT2D eigenvalue weighted by Gasteiger charge is -2.11. The fraction of sp³-hybridized carbons (Fsp3) is 0.312. The number of hydrogen-bond donors (Lipinski definition) is 2. The number of rotatable bonds is 5. The number of thiazole rings is 1. The van der Waals surface area contributed by atoms with Gasteiger partial charge in [-0.15, -0.1) is 11.3 Å². The molecule has 3 N–H and O–H groups in total. The highest BCUT2D eigenvalue weighted by Crippen LogP contribution is 2.22. The van der Waals surface area contributed by atoms with E-state index in [1.54, 1.807) is 16.1 Å². The molecule has 6 nitrogen and oxygen atoms in total. The van der Waals surface area contributed by atoms with Crippen molar-refractivity contribution in [2.24, 2.45) is 11.7 Å². The summed E-state index contributed by atoms with van der Waals surface area (Å²) in [5.74, 6) is 0.0986. The SMILES string of the molecule is CC(C)[C@H](N)c1nc(C(=O)NCc2cccn3nccc23)cs1. The first kappa shape index (κ1) is 15.6. The Kier molecular flexibility index (Phi) is 4.40. The fourth-order valence-electron chi connectivity index (χ4n) is 2.26. The van der Waals surface area contributed by atoms with E-state index < -0.39 is 0 Å². The van der Waals surface area contributed by atoms with Crippen LogP contribution < -0.4 is 11.1 Å². The Morgan fingerprint density at radius 1 is 1.43 bits per heavy atom. The van der Waals surface area contributed by atoms with Gasteiger partial charge in [0.15, 0.2) is 0 Å². The van der Waals surface area contributed by atoms with Crippen molar-refractivity contribution >= 4 is 22.8 Å². The van der Waals surface area contributed by atoms with Gasteiger partial charge in [-0.05, 0) is 23.6 Å². The average molecular weight is 329 g/mol. The second-order valence-electron chi connectivity index (χ2n) is 5.72. The summed E-state index contributed by atoms with van der Waals surface area (Å²) in [6.45, 7) is 4.51. The lowest BCUT2D eigenvalue weighted by atomic mass is 10.1. The Labute approximate surface area is 138 Å². The van der Waals surface area contributed by atoms with E-state index in [1.165, 1.54) is 11.3 Å². The van der Waals surface area contributed by atoms with Crippen molar-refractivity contribution in [3.8, 4) is 0 Å². The van der Waals surface area contributed by atoms with Gasteiger partial charge in [0.25, 0.3) is 5.91 Å². The lowest BCUT2D eigenvalue weighted by Crippen LogP contribution is -2.24. The van der Waals surface area contributed by atoms with Crippen LogP contribution in [0.3, 0.4) is 0 Å². The molecule has 3 aromatic rings. The maximum absolute atomic E-state index is 12.3. The Morgan fingerprint density at radius 2 is 2.26 bits per heavy atom. The summed E-state index contributed by atoms with van der Waals surface area (Å²) in [5, 5.41) is 9.64. The third-order valence-corrected chi connectivity index (χ3v) is 4.67. The van der Waals surface area contributed by atoms with Crippen LogP contribution in [0.1, 0.15) is 40.9 Å². The standard InChI is InChI=1S/C16H19N5OS/c1-10(2)14(17)16-20-12(9-23-16)15(22)18-8-11-4-3-7-21-13(11)5-6-19-21/h3-7,9-10,14H,8,17H2,1-2H3,(H,18,22)/t14-/m0/s1. The van der Waals surface area contributed by atoms with E-state index in [2.05, 4.69) is 15.4 Å². The molecule has 0 aliphatic carbocycles. The van der Waals surface area contributed by atoms with E-state index in [1.807, 2.05) is 38.2 Å². The summed E-state index contributed by atoms with van der Waals surface area (Å²) in [7, 11) is 0. The summed E-state index contributed by atoms with van der Waals surface area (Å²) in [6, 6.07) is 5.66. The minimum absolute atomic E-state index is 0.137. The smallest absolute Gasteiger partial charge is 0.271 e. The summed E-state index contributed by atoms with van der Waals surface area (Å²) in [5.41, 5.74) is 8.48. The minimum atomic E-state index is -0.190. The zero-order chi connectivity index (χ0) is 16.4. The van der Waals surface area contributed by atoms with E-state index in [-0.39, 0.29) is 17.9 Å². The highest BCUT2D eigenvalue weighted by molar-refractivity contribution is 7.09. The molecule has 0 radical (unpaired) electrons. The zero-order valence-electron chi connectivity index (χ0n) is 13.1. The maximum Gasteiger partial charge on any atom is 0.271 e. The second-order valence-corrected chi connectivity index (χ2v) is 6.61. The van der Waals surface area contributed by atoms with Crippen LogP contribution in [-0.4, -0.2) is 20.5 Å². The van der Waals surface area contributed by atoms with Gasteiger partial charge in [0, 0.05) is 24.3 Å². The number of pyridine rings is 1. The fourth-order valence-corrected chi connectivity index (χ4v) is 3.23. The second kappa shape index (κ2) is 6.47. The zero-order valence-corrected chi connectivity index (χ0v) is 13.9. The van der Waals surface area contributed by atoms with Crippen LogP contribution >= 0.6 is 11.3 Å². The number of aromatic nitrogens is 3. The number of hydrogen-bond acceptors (Lipinski definition) is 5. The first-order chi connectivity index (χ1) is 11.1. The quantitative estimate of drug-likeness (QED) is 0.752. The van der Waals surface area contributed by atoms with Crippen LogP contribution in [0.15, 0.2) is 36.0 Å². The molecular formula is C16H19N5OS. The van der Waals surface area contributed by atoms with Gasteiger partial charge in [-0.2, -0.15) is 5.10 Å². The maximum atomic E-state index is 12.3. The van der Waals surface area contributed by atoms with Gasteiger partial charge in [0.05, 0.1) is 11.6 Å². The molecule has 0 saturated heterocycles. The molecule has 120 valence electrons. The Morgan fingerprint density at radius 3 is 3.04 bits per heavy atom. The number of nitrogens with one attached hydrogen (secondary N) is 1. The summed E-state index contributed by atoms with van der Waals surface area (Å²) in [6.07, 6.45) is 3.61. The molecule has 3 heterocycles. The molecule has 3 aromatic heterocycles. The molecule has 0 unspecified atom stereocenters. The van der Waals surface area contributed by atoms with E-state index in [4.69, 9.17) is 5.73 Å². The highest BCUT2D eigenvalue weighted by Gasteiger charge is 2.17. The van der Waals surface area contributed by atoms with Crippen molar-refractivity contribution in [1.82, 2.24) is 19.9 Å². The number of carbonyl (C=O) groups is 1. The van der Waals surface area contributed by atoms with Crippen LogP contribution in [0.4, 0.5) is 0 Å². The molecule has 23 heavy (non-hydrogen) atoms. The lowest BCUT2D eigenvalue weighted by molar-refractivity contribution is 0.0946. The van der Waals surface area contributed by atoms with E-state index in [9.17, 15) is 4.79 Å². The van der Waals surface area contributed by atoms with Gasteiger partial charge >= 0.3 is 0 Å². The molecular weight excluding hydrogens is 310 g/mol. The predicted octanol–water partition coefficient (Wildman–Crippen LogP) is 2.38. The van der Waals surface area contributed by atoms with Gasteiger partial charge < -0.3 is 11.1 Å². The molecule has 3 rings (SSSR count). The van der Waals surface area contributed by atoms with Crippen molar-refractivity contribution in [3.63, 3.8) is 0 Å². The molecule has 7 heteroatoms. The Hall–Kier alpha value is -2.25. The largest absolute Gasteiger partial charge is 0.347 e. The number of amides is 1. The topological polar surface area (TPSA) is 85.3 Å². The number of nitrogens with two attached hydrogens (primary N) is 1. The van der Waals surface area contributed by atoms with Crippen LogP contribution in [0.25, 0.3) is 5.52 Å². The molecule has 1 amide bonds. The summed E-state index contributed by atoms with van der Waals surface area (Å²) >= 11 is 1.43. The summed E-state index contributed by atoms with van der Waals surface area (Å²) in [4.78, 5) is 16.6. The van der Waals surface area contributed by atoms with Crippen molar-refractivity contribution in [2.75, 3.05) is 0 Å². The molecule has 1 atom stereocenters. The normalized spacial score (nSPS) is 12.7. The van der Waals surface area contributed by atoms with E-state index >= 15 is 0 Å². The minimum Gasteiger partial charge on any atom is -0.347 e. The van der Waals surface area contributed by atoms with Gasteiger partial charge in [0.1, 0.15) is 10.7 Å². The monoisotopic (exact) mass is 329 g/mol. The van der Waals surface area contributed by atoms with Crippen LogP contribution in [-0.2, 0) is 6.54 Å². The predicted molar refractivity (Wildman–Crippen MR) is 90.2 cm³/mol. The molecule has 0 spiro atoms. The first-order valence-electron chi connectivity index (χ1n) is 7.46. The summed E-state index contributed by atoms with van der Waals surface area (Å²) < 4.78 is 1.78. The van der Waals surface area contributed by atoms with Crippen molar-refractivity contribution in [3.05, 3.63) is 52.2 Å². The highest BCUT2D eigenvalue weighted by atomic mass is 32.1. The Balaban J connectivity index is 1.69. The number of nitrogens with zero attached hydrogens (tertiary/aromatic N) is 3. The number of fused-ring (bicyclic) bond motifs is 1. The Bertz CT molecular complexity index is 823. The molecule has 0 aliphatic rings. The van der Waals surface area contributed by atoms with E-state index in [0.29, 0.717) is 12.2 Å². The van der Waals surface area contributed by atoms with Crippen molar-refractivity contribution < 1.29 is 4.79 Å². The van der Waals surface area contributed by atoms with Gasteiger partial charge in [-0.1, -0.05) is 19.9 Å². The third kappa shape index (κ3) is 3.25. The van der Waals surface area contributed by atoms with Crippen LogP contribution in [0, 0.1) is 5.92 Å². The average Bonchev–Trinajstić information content (AvgIpc) is 3.20. The molecule has 0 bridgehead atoms. The first-order valence-corrected chi connectivity index (χ1v) is 8.34. The van der Waals surface area contributed by atoms with Gasteiger partial charge in [0.2, 0.25) is 0 Å². The van der Waals surface area contributed by atoms with Crippen LogP contribution in [0.2, 0.25) is 0 Å². The molecule has 0 aromatic carbocycles. The van der Waals surface area contributed by atoms with Gasteiger partial charge in [-0.3, -0.25) is 4.79 Å². The van der Waals surface area contributed by atoms with Crippen LogP contribution in [0.5, 0.6) is 0 Å². The van der Waals surface area contributed by atoms with Crippen molar-refractivity contribution in [1.29, 1.82) is 0 Å². The van der Waals surface area contributed by atoms with E-state index in [0.717, 1.165) is 16.1 Å². The van der Waals surface area contributed by atoms with Gasteiger partial charge in [-0.25, -0.2) is 9.50 Å². The van der Waals surface area contributed by atoms with Crippen molar-refractivity contribution in [2.45, 2.75) is 26.4 Å². The number of carbonyl (C=O) groups excluding carboxylic acids is 1. The molecule has 0 saturated carbocycles.